The molecule has 0 saturated carbocycles. The summed E-state index contributed by atoms with van der Waals surface area (Å²) in [7, 11) is 5.44. The van der Waals surface area contributed by atoms with Crippen molar-refractivity contribution in [3.63, 3.8) is 0 Å². The lowest BCUT2D eigenvalue weighted by atomic mass is 9.99. The third kappa shape index (κ3) is 4.74. The minimum Gasteiger partial charge on any atom is -0.497 e. The van der Waals surface area contributed by atoms with E-state index in [2.05, 4.69) is 22.6 Å². The van der Waals surface area contributed by atoms with Crippen LogP contribution < -0.4 is 20.1 Å². The molecule has 2 rings (SSSR count). The molecule has 1 fully saturated rings. The Labute approximate surface area is 138 Å². The van der Waals surface area contributed by atoms with Gasteiger partial charge in [0.05, 0.1) is 19.9 Å². The lowest BCUT2D eigenvalue weighted by Gasteiger charge is -2.30. The van der Waals surface area contributed by atoms with E-state index in [-0.39, 0.29) is 0 Å². The van der Waals surface area contributed by atoms with Crippen molar-refractivity contribution in [2.24, 2.45) is 5.92 Å². The van der Waals surface area contributed by atoms with Gasteiger partial charge in [0, 0.05) is 19.2 Å². The average Bonchev–Trinajstić information content (AvgIpc) is 2.53. The number of likely N-dealkylation sites (tertiary alicyclic amines) is 1. The molecule has 1 aromatic rings. The first-order valence-electron chi connectivity index (χ1n) is 7.57. The van der Waals surface area contributed by atoms with Crippen molar-refractivity contribution in [3.8, 4) is 11.5 Å². The standard InChI is InChI=1S/C16H25N3O2S/c1-19-8-4-5-12(11-19)10-17-16(22)18-14-7-6-13(20-2)9-15(14)21-3/h6-7,9,12H,4-5,8,10-11H2,1-3H3,(H2,17,18,22)/t12-/m0/s1. The predicted molar refractivity (Wildman–Crippen MR) is 94.0 cm³/mol. The number of hydrogen-bond acceptors (Lipinski definition) is 4. The molecule has 0 amide bonds. The highest BCUT2D eigenvalue weighted by Crippen LogP contribution is 2.28. The van der Waals surface area contributed by atoms with Crippen LogP contribution in [-0.4, -0.2) is 50.9 Å². The van der Waals surface area contributed by atoms with E-state index in [0.717, 1.165) is 24.5 Å². The number of rotatable bonds is 5. The zero-order valence-corrected chi connectivity index (χ0v) is 14.3. The Morgan fingerprint density at radius 3 is 2.86 bits per heavy atom. The van der Waals surface area contributed by atoms with Crippen molar-refractivity contribution >= 4 is 23.0 Å². The molecular weight excluding hydrogens is 298 g/mol. The van der Waals surface area contributed by atoms with E-state index in [1.807, 2.05) is 18.2 Å². The Kier molecular flexibility index (Phi) is 6.27. The monoisotopic (exact) mass is 323 g/mol. The summed E-state index contributed by atoms with van der Waals surface area (Å²) in [6, 6.07) is 5.62. The number of ether oxygens (including phenoxy) is 2. The second-order valence-electron chi connectivity index (χ2n) is 5.67. The SMILES string of the molecule is COc1ccc(NC(=S)NC[C@@H]2CCCN(C)C2)c(OC)c1. The van der Waals surface area contributed by atoms with E-state index in [1.54, 1.807) is 14.2 Å². The van der Waals surface area contributed by atoms with Crippen LogP contribution in [0.15, 0.2) is 18.2 Å². The van der Waals surface area contributed by atoms with E-state index in [4.69, 9.17) is 21.7 Å². The van der Waals surface area contributed by atoms with Crippen molar-refractivity contribution in [1.82, 2.24) is 10.2 Å². The number of nitrogens with zero attached hydrogens (tertiary/aromatic N) is 1. The summed E-state index contributed by atoms with van der Waals surface area (Å²) in [5, 5.41) is 7.12. The third-order valence-electron chi connectivity index (χ3n) is 3.93. The van der Waals surface area contributed by atoms with E-state index in [0.29, 0.717) is 16.8 Å². The molecule has 2 N–H and O–H groups in total. The van der Waals surface area contributed by atoms with E-state index >= 15 is 0 Å². The number of nitrogens with one attached hydrogen (secondary N) is 2. The maximum Gasteiger partial charge on any atom is 0.170 e. The van der Waals surface area contributed by atoms with Crippen molar-refractivity contribution in [1.29, 1.82) is 0 Å². The van der Waals surface area contributed by atoms with Gasteiger partial charge >= 0.3 is 0 Å². The van der Waals surface area contributed by atoms with Gasteiger partial charge in [-0.3, -0.25) is 0 Å². The molecule has 1 atom stereocenters. The summed E-state index contributed by atoms with van der Waals surface area (Å²) in [6.07, 6.45) is 2.52. The second-order valence-corrected chi connectivity index (χ2v) is 6.08. The number of methoxy groups -OCH3 is 2. The number of benzene rings is 1. The summed E-state index contributed by atoms with van der Waals surface area (Å²) in [5.74, 6) is 2.11. The Bertz CT molecular complexity index is 510. The first-order chi connectivity index (χ1) is 10.6. The Balaban J connectivity index is 1.86. The van der Waals surface area contributed by atoms with Gasteiger partial charge < -0.3 is 25.0 Å². The molecule has 0 bridgehead atoms. The zero-order chi connectivity index (χ0) is 15.9. The number of piperidine rings is 1. The Hall–Kier alpha value is -1.53. The van der Waals surface area contributed by atoms with Gasteiger partial charge in [-0.1, -0.05) is 0 Å². The largest absolute Gasteiger partial charge is 0.497 e. The Morgan fingerprint density at radius 1 is 1.36 bits per heavy atom. The highest BCUT2D eigenvalue weighted by atomic mass is 32.1. The summed E-state index contributed by atoms with van der Waals surface area (Å²) in [6.45, 7) is 3.22. The normalized spacial score (nSPS) is 18.6. The molecule has 0 unspecified atom stereocenters. The summed E-state index contributed by atoms with van der Waals surface area (Å²) in [5.41, 5.74) is 0.835. The molecule has 0 radical (unpaired) electrons. The topological polar surface area (TPSA) is 45.8 Å². The summed E-state index contributed by atoms with van der Waals surface area (Å²) < 4.78 is 10.6. The Morgan fingerprint density at radius 2 is 2.18 bits per heavy atom. The number of anilines is 1. The van der Waals surface area contributed by atoms with Crippen molar-refractivity contribution in [2.75, 3.05) is 46.2 Å². The maximum atomic E-state index is 5.38. The molecule has 6 heteroatoms. The van der Waals surface area contributed by atoms with Gasteiger partial charge in [-0.25, -0.2) is 0 Å². The minimum atomic E-state index is 0.622. The van der Waals surface area contributed by atoms with Gasteiger partial charge in [0.25, 0.3) is 0 Å². The quantitative estimate of drug-likeness (QED) is 0.811. The molecule has 122 valence electrons. The van der Waals surface area contributed by atoms with Crippen LogP contribution in [0.3, 0.4) is 0 Å². The van der Waals surface area contributed by atoms with Gasteiger partial charge in [-0.05, 0) is 56.7 Å². The van der Waals surface area contributed by atoms with Gasteiger partial charge in [0.15, 0.2) is 5.11 Å². The van der Waals surface area contributed by atoms with Crippen LogP contribution in [0.2, 0.25) is 0 Å². The fourth-order valence-corrected chi connectivity index (χ4v) is 2.94. The zero-order valence-electron chi connectivity index (χ0n) is 13.5. The first kappa shape index (κ1) is 16.8. The molecular formula is C16H25N3O2S. The molecule has 22 heavy (non-hydrogen) atoms. The van der Waals surface area contributed by atoms with Gasteiger partial charge in [-0.15, -0.1) is 0 Å². The number of hydrogen-bond donors (Lipinski definition) is 2. The van der Waals surface area contributed by atoms with Crippen LogP contribution >= 0.6 is 12.2 Å². The van der Waals surface area contributed by atoms with Crippen molar-refractivity contribution in [3.05, 3.63) is 18.2 Å². The fraction of sp³-hybridized carbons (Fsp3) is 0.562. The summed E-state index contributed by atoms with van der Waals surface area (Å²) in [4.78, 5) is 2.37. The fourth-order valence-electron chi connectivity index (χ4n) is 2.75. The van der Waals surface area contributed by atoms with E-state index in [9.17, 15) is 0 Å². The average molecular weight is 323 g/mol. The molecule has 1 aliphatic rings. The van der Waals surface area contributed by atoms with Crippen LogP contribution in [0.5, 0.6) is 11.5 Å². The lowest BCUT2D eigenvalue weighted by molar-refractivity contribution is 0.211. The van der Waals surface area contributed by atoms with Crippen molar-refractivity contribution in [2.45, 2.75) is 12.8 Å². The van der Waals surface area contributed by atoms with Crippen LogP contribution in [0.4, 0.5) is 5.69 Å². The maximum absolute atomic E-state index is 5.38. The predicted octanol–water partition coefficient (Wildman–Crippen LogP) is 2.33. The van der Waals surface area contributed by atoms with Gasteiger partial charge in [0.2, 0.25) is 0 Å². The van der Waals surface area contributed by atoms with E-state index < -0.39 is 0 Å². The molecule has 0 aliphatic carbocycles. The molecule has 1 aromatic carbocycles. The third-order valence-corrected chi connectivity index (χ3v) is 4.18. The molecule has 1 saturated heterocycles. The smallest absolute Gasteiger partial charge is 0.170 e. The van der Waals surface area contributed by atoms with Gasteiger partial charge in [0.1, 0.15) is 11.5 Å². The highest BCUT2D eigenvalue weighted by Gasteiger charge is 2.17. The molecule has 0 aromatic heterocycles. The lowest BCUT2D eigenvalue weighted by Crippen LogP contribution is -2.40. The molecule has 1 heterocycles. The molecule has 1 aliphatic heterocycles. The number of thiocarbonyl (C=S) groups is 1. The van der Waals surface area contributed by atoms with Gasteiger partial charge in [-0.2, -0.15) is 0 Å². The molecule has 0 spiro atoms. The molecule has 5 nitrogen and oxygen atoms in total. The van der Waals surface area contributed by atoms with Crippen LogP contribution in [0, 0.1) is 5.92 Å². The summed E-state index contributed by atoms with van der Waals surface area (Å²) >= 11 is 5.38. The van der Waals surface area contributed by atoms with Crippen molar-refractivity contribution < 1.29 is 9.47 Å². The first-order valence-corrected chi connectivity index (χ1v) is 7.98. The second kappa shape index (κ2) is 8.19. The minimum absolute atomic E-state index is 0.622. The highest BCUT2D eigenvalue weighted by molar-refractivity contribution is 7.80. The van der Waals surface area contributed by atoms with E-state index in [1.165, 1.54) is 19.4 Å². The van der Waals surface area contributed by atoms with Crippen LogP contribution in [-0.2, 0) is 0 Å². The van der Waals surface area contributed by atoms with Crippen LogP contribution in [0.1, 0.15) is 12.8 Å². The van der Waals surface area contributed by atoms with Crippen LogP contribution in [0.25, 0.3) is 0 Å².